The number of hydrogen-bond donors (Lipinski definition) is 0. The van der Waals surface area contributed by atoms with E-state index in [0.717, 1.165) is 4.90 Å². The minimum Gasteiger partial charge on any atom is -0.711 e. The van der Waals surface area contributed by atoms with E-state index in [2.05, 4.69) is 20.9 Å². The van der Waals surface area contributed by atoms with Crippen molar-refractivity contribution in [2.75, 3.05) is 6.54 Å². The largest absolute Gasteiger partial charge is 0.711 e. The molecule has 9 heteroatoms. The van der Waals surface area contributed by atoms with Crippen molar-refractivity contribution in [1.29, 1.82) is 0 Å². The second kappa shape index (κ2) is 7.61. The zero-order chi connectivity index (χ0) is 18.7. The average molecular weight is 420 g/mol. The van der Waals surface area contributed by atoms with Crippen LogP contribution in [0.3, 0.4) is 0 Å². The monoisotopic (exact) mass is 419 g/mol. The van der Waals surface area contributed by atoms with Crippen LogP contribution >= 0.6 is 15.9 Å². The number of carbonyl (C=O) groups excluding carboxylic acids is 3. The van der Waals surface area contributed by atoms with E-state index in [4.69, 9.17) is 4.74 Å². The zero-order valence-corrected chi connectivity index (χ0v) is 15.1. The number of aromatic nitrogens is 2. The number of amides is 2. The molecule has 0 fully saturated rings. The maximum Gasteiger partial charge on any atom is 0.339 e. The first-order valence-electron chi connectivity index (χ1n) is 7.82. The molecule has 0 aliphatic carbocycles. The van der Waals surface area contributed by atoms with Crippen LogP contribution in [-0.2, 0) is 16.1 Å². The Kier molecular flexibility index (Phi) is 5.27. The molecule has 0 saturated heterocycles. The predicted molar refractivity (Wildman–Crippen MR) is 91.7 cm³/mol. The van der Waals surface area contributed by atoms with Gasteiger partial charge in [0.15, 0.2) is 6.61 Å². The summed E-state index contributed by atoms with van der Waals surface area (Å²) in [5.41, 5.74) is 0.707. The molecule has 2 heterocycles. The van der Waals surface area contributed by atoms with Gasteiger partial charge in [-0.1, -0.05) is 15.9 Å². The maximum absolute atomic E-state index is 12.3. The molecule has 0 saturated carbocycles. The molecule has 2 aromatic rings. The van der Waals surface area contributed by atoms with E-state index in [9.17, 15) is 19.6 Å². The molecule has 1 aliphatic heterocycles. The van der Waals surface area contributed by atoms with Crippen molar-refractivity contribution in [3.63, 3.8) is 0 Å². The molecule has 26 heavy (non-hydrogen) atoms. The van der Waals surface area contributed by atoms with Crippen molar-refractivity contribution in [2.45, 2.75) is 19.4 Å². The van der Waals surface area contributed by atoms with Gasteiger partial charge in [0.2, 0.25) is 0 Å². The van der Waals surface area contributed by atoms with Crippen LogP contribution in [0.4, 0.5) is 0 Å². The van der Waals surface area contributed by atoms with E-state index in [1.54, 1.807) is 18.2 Å². The second-order valence-electron chi connectivity index (χ2n) is 5.58. The summed E-state index contributed by atoms with van der Waals surface area (Å²) in [7, 11) is 0. The third-order valence-corrected chi connectivity index (χ3v) is 4.34. The minimum absolute atomic E-state index is 0.0167. The Balaban J connectivity index is 1.49. The van der Waals surface area contributed by atoms with Crippen LogP contribution in [0, 0.1) is 5.21 Å². The Bertz CT molecular complexity index is 886. The second-order valence-corrected chi connectivity index (χ2v) is 6.49. The minimum atomic E-state index is -0.532. The zero-order valence-electron chi connectivity index (χ0n) is 13.6. The molecule has 0 radical (unpaired) electrons. The van der Waals surface area contributed by atoms with Crippen LogP contribution in [0.15, 0.2) is 41.1 Å². The normalized spacial score (nSPS) is 13.0. The highest BCUT2D eigenvalue weighted by molar-refractivity contribution is 9.10. The smallest absolute Gasteiger partial charge is 0.339 e. The average Bonchev–Trinajstić information content (AvgIpc) is 2.85. The fraction of sp³-hybridized carbons (Fsp3) is 0.235. The molecular weight excluding hydrogens is 406 g/mol. The number of esters is 1. The molecule has 2 amide bonds. The van der Waals surface area contributed by atoms with Crippen LogP contribution in [0.1, 0.15) is 39.4 Å². The summed E-state index contributed by atoms with van der Waals surface area (Å²) in [6.07, 6.45) is 2.98. The Morgan fingerprint density at radius 1 is 1.27 bits per heavy atom. The number of halogens is 1. The molecule has 0 N–H and O–H groups in total. The van der Waals surface area contributed by atoms with Crippen molar-refractivity contribution < 1.29 is 23.9 Å². The number of ether oxygens (including phenoxy) is 1. The molecular formula is C17H14BrN3O5. The lowest BCUT2D eigenvalue weighted by Gasteiger charge is -2.13. The number of fused-ring (bicyclic) bond motifs is 1. The number of imide groups is 1. The molecule has 1 aliphatic rings. The van der Waals surface area contributed by atoms with Gasteiger partial charge in [-0.05, 0) is 29.6 Å². The van der Waals surface area contributed by atoms with Gasteiger partial charge in [-0.15, -0.1) is 0 Å². The topological polar surface area (TPSA) is 104 Å². The highest BCUT2D eigenvalue weighted by Crippen LogP contribution is 2.26. The van der Waals surface area contributed by atoms with Gasteiger partial charge < -0.3 is 9.94 Å². The van der Waals surface area contributed by atoms with Crippen molar-refractivity contribution in [1.82, 2.24) is 9.88 Å². The van der Waals surface area contributed by atoms with Crippen LogP contribution in [-0.4, -0.2) is 34.2 Å². The molecule has 0 spiro atoms. The number of rotatable bonds is 6. The van der Waals surface area contributed by atoms with Gasteiger partial charge >= 0.3 is 11.8 Å². The summed E-state index contributed by atoms with van der Waals surface area (Å²) < 4.78 is 6.22. The number of hydrogen-bond acceptors (Lipinski definition) is 6. The first kappa shape index (κ1) is 18.0. The number of benzene rings is 1. The maximum atomic E-state index is 12.3. The van der Waals surface area contributed by atoms with Gasteiger partial charge in [0.05, 0.1) is 17.3 Å². The molecule has 8 nitrogen and oxygen atoms in total. The van der Waals surface area contributed by atoms with Crippen molar-refractivity contribution in [2.24, 2.45) is 0 Å². The lowest BCUT2D eigenvalue weighted by molar-refractivity contribution is -0.620. The molecule has 1 aromatic heterocycles. The highest BCUT2D eigenvalue weighted by atomic mass is 79.9. The summed E-state index contributed by atoms with van der Waals surface area (Å²) in [5, 5.41) is 11.4. The van der Waals surface area contributed by atoms with Crippen LogP contribution in [0.25, 0.3) is 0 Å². The summed E-state index contributed by atoms with van der Waals surface area (Å²) >= 11 is 3.27. The van der Waals surface area contributed by atoms with Crippen molar-refractivity contribution >= 4 is 33.7 Å². The van der Waals surface area contributed by atoms with Crippen molar-refractivity contribution in [3.05, 3.63) is 63.3 Å². The number of carbonyl (C=O) groups is 3. The lowest BCUT2D eigenvalue weighted by atomic mass is 10.1. The van der Waals surface area contributed by atoms with E-state index < -0.39 is 5.97 Å². The van der Waals surface area contributed by atoms with E-state index >= 15 is 0 Å². The van der Waals surface area contributed by atoms with Crippen LogP contribution in [0.5, 0.6) is 0 Å². The quantitative estimate of drug-likeness (QED) is 0.304. The fourth-order valence-electron chi connectivity index (χ4n) is 2.55. The molecule has 134 valence electrons. The summed E-state index contributed by atoms with van der Waals surface area (Å²) in [5.74, 6) is -1.20. The third-order valence-electron chi connectivity index (χ3n) is 3.84. The standard InChI is InChI=1S/C17H14BrN3O5/c18-11-4-5-12-13(9-11)17(24)20(16(12)23)7-1-3-15(22)26-10-14-19-6-2-8-21(14)25/h2,4-6,8-9H,1,3,7,10H2. The molecule has 0 bridgehead atoms. The summed E-state index contributed by atoms with van der Waals surface area (Å²) in [6.45, 7) is -0.117. The van der Waals surface area contributed by atoms with Crippen molar-refractivity contribution in [3.8, 4) is 0 Å². The Morgan fingerprint density at radius 2 is 2.04 bits per heavy atom. The molecule has 3 rings (SSSR count). The van der Waals surface area contributed by atoms with Gasteiger partial charge in [-0.3, -0.25) is 19.3 Å². The van der Waals surface area contributed by atoms with Crippen LogP contribution in [0.2, 0.25) is 0 Å². The van der Waals surface area contributed by atoms with E-state index in [1.165, 1.54) is 18.5 Å². The Labute approximate surface area is 157 Å². The lowest BCUT2D eigenvalue weighted by Crippen LogP contribution is -2.33. The van der Waals surface area contributed by atoms with Gasteiger partial charge in [-0.2, -0.15) is 0 Å². The highest BCUT2D eigenvalue weighted by Gasteiger charge is 2.35. The van der Waals surface area contributed by atoms with Crippen LogP contribution < -0.4 is 4.73 Å². The van der Waals surface area contributed by atoms with E-state index in [-0.39, 0.29) is 43.6 Å². The number of nitrogens with zero attached hydrogens (tertiary/aromatic N) is 3. The first-order chi connectivity index (χ1) is 12.5. The van der Waals surface area contributed by atoms with E-state index in [1.807, 2.05) is 0 Å². The van der Waals surface area contributed by atoms with Gasteiger partial charge in [0, 0.05) is 23.5 Å². The predicted octanol–water partition coefficient (Wildman–Crippen LogP) is 1.60. The first-order valence-corrected chi connectivity index (χ1v) is 8.61. The Morgan fingerprint density at radius 3 is 2.81 bits per heavy atom. The van der Waals surface area contributed by atoms with Gasteiger partial charge in [0.1, 0.15) is 6.20 Å². The molecule has 0 atom stereocenters. The fourth-order valence-corrected chi connectivity index (χ4v) is 2.92. The molecule has 1 aromatic carbocycles. The van der Waals surface area contributed by atoms with E-state index in [0.29, 0.717) is 20.3 Å². The SMILES string of the molecule is O=C(CCCN1C(=O)c2ccc(Br)cc2C1=O)OCc1nccc[n+]1[O-]. The summed E-state index contributed by atoms with van der Waals surface area (Å²) in [6, 6.07) is 6.37. The Hall–Kier alpha value is -2.81. The summed E-state index contributed by atoms with van der Waals surface area (Å²) in [4.78, 5) is 41.3. The molecule has 0 unspecified atom stereocenters. The third kappa shape index (κ3) is 3.72. The van der Waals surface area contributed by atoms with Gasteiger partial charge in [-0.25, -0.2) is 4.73 Å². The van der Waals surface area contributed by atoms with Gasteiger partial charge in [0.25, 0.3) is 11.8 Å².